The Balaban J connectivity index is 1.50. The molecule has 2 heterocycles. The van der Waals surface area contributed by atoms with Gasteiger partial charge in [0, 0.05) is 45.0 Å². The number of imide groups is 1. The smallest absolute Gasteiger partial charge is 0.270 e. The minimum absolute atomic E-state index is 0.138. The molecular formula is C26H17Cl2N3O3. The predicted octanol–water partition coefficient (Wildman–Crippen LogP) is 5.55. The van der Waals surface area contributed by atoms with Crippen molar-refractivity contribution in [2.24, 2.45) is 0 Å². The molecule has 3 aromatic rings. The average Bonchev–Trinajstić information content (AvgIpc) is 3.17. The number of hydrogen-bond acceptors (Lipinski definition) is 4. The van der Waals surface area contributed by atoms with Crippen molar-refractivity contribution in [1.29, 1.82) is 0 Å². The van der Waals surface area contributed by atoms with Crippen molar-refractivity contribution in [3.63, 3.8) is 0 Å². The Bertz CT molecular complexity index is 1350. The molecule has 168 valence electrons. The zero-order chi connectivity index (χ0) is 23.8. The highest BCUT2D eigenvalue weighted by molar-refractivity contribution is 6.31. The second-order valence-corrected chi connectivity index (χ2v) is 8.64. The molecule has 0 fully saturated rings. The third kappa shape index (κ3) is 4.09. The summed E-state index contributed by atoms with van der Waals surface area (Å²) in [6, 6.07) is 17.7. The van der Waals surface area contributed by atoms with Crippen LogP contribution in [0.1, 0.15) is 16.8 Å². The number of pyridine rings is 1. The van der Waals surface area contributed by atoms with E-state index in [1.54, 1.807) is 36.5 Å². The molecule has 0 saturated heterocycles. The molecule has 0 radical (unpaired) electrons. The second kappa shape index (κ2) is 8.82. The van der Waals surface area contributed by atoms with Gasteiger partial charge in [0.05, 0.1) is 0 Å². The molecule has 2 aromatic carbocycles. The third-order valence-corrected chi connectivity index (χ3v) is 6.08. The number of fused-ring (bicyclic) bond motifs is 1. The van der Waals surface area contributed by atoms with Crippen LogP contribution in [0.5, 0.6) is 0 Å². The van der Waals surface area contributed by atoms with E-state index in [1.165, 1.54) is 18.3 Å². The lowest BCUT2D eigenvalue weighted by molar-refractivity contribution is -0.605. The Morgan fingerprint density at radius 3 is 2.18 bits per heavy atom. The van der Waals surface area contributed by atoms with Crippen LogP contribution < -0.4 is 9.63 Å². The van der Waals surface area contributed by atoms with Crippen LogP contribution in [0.3, 0.4) is 0 Å². The van der Waals surface area contributed by atoms with E-state index in [1.807, 2.05) is 35.2 Å². The summed E-state index contributed by atoms with van der Waals surface area (Å²) in [5.41, 5.74) is 3.79. The van der Waals surface area contributed by atoms with Crippen LogP contribution in [0.25, 0.3) is 0 Å². The first-order valence-corrected chi connectivity index (χ1v) is 11.2. The first-order chi connectivity index (χ1) is 16.4. The fourth-order valence-corrected chi connectivity index (χ4v) is 4.20. The van der Waals surface area contributed by atoms with Gasteiger partial charge in [-0.15, -0.1) is 0 Å². The molecule has 1 aromatic heterocycles. The van der Waals surface area contributed by atoms with Crippen LogP contribution in [0.15, 0.2) is 108 Å². The van der Waals surface area contributed by atoms with Crippen LogP contribution in [0.2, 0.25) is 10.0 Å². The molecule has 2 amide bonds. The number of hydrogen-bond donors (Lipinski definition) is 0. The topological polar surface area (TPSA) is 67.6 Å². The Hall–Kier alpha value is -3.87. The highest BCUT2D eigenvalue weighted by atomic mass is 35.5. The summed E-state index contributed by atoms with van der Waals surface area (Å²) in [7, 11) is 0. The summed E-state index contributed by atoms with van der Waals surface area (Å²) in [6.07, 6.45) is 8.20. The normalized spacial score (nSPS) is 14.8. The van der Waals surface area contributed by atoms with Crippen LogP contribution in [-0.4, -0.2) is 16.7 Å². The summed E-state index contributed by atoms with van der Waals surface area (Å²) in [6.45, 7) is 0. The summed E-state index contributed by atoms with van der Waals surface area (Å²) >= 11 is 12.2. The second-order valence-electron chi connectivity index (χ2n) is 7.77. The van der Waals surface area contributed by atoms with E-state index >= 15 is 0 Å². The number of nitrogens with zero attached hydrogens (tertiary/aromatic N) is 3. The lowest BCUT2D eigenvalue weighted by atomic mass is 9.98. The molecular weight excluding hydrogens is 473 g/mol. The summed E-state index contributed by atoms with van der Waals surface area (Å²) in [5.74, 6) is -0.981. The van der Waals surface area contributed by atoms with Crippen molar-refractivity contribution in [2.45, 2.75) is 6.42 Å². The van der Waals surface area contributed by atoms with Crippen molar-refractivity contribution < 1.29 is 14.3 Å². The summed E-state index contributed by atoms with van der Waals surface area (Å²) in [4.78, 5) is 29.1. The van der Waals surface area contributed by atoms with E-state index in [-0.39, 0.29) is 5.56 Å². The molecule has 1 aliphatic carbocycles. The Kier molecular flexibility index (Phi) is 5.69. The molecule has 1 aliphatic heterocycles. The van der Waals surface area contributed by atoms with E-state index in [4.69, 9.17) is 23.2 Å². The van der Waals surface area contributed by atoms with Gasteiger partial charge in [-0.1, -0.05) is 29.3 Å². The van der Waals surface area contributed by atoms with Crippen LogP contribution >= 0.6 is 23.2 Å². The maximum absolute atomic E-state index is 13.2. The minimum Gasteiger partial charge on any atom is -0.619 e. The fraction of sp³-hybridized carbons (Fsp3) is 0.0385. The standard InChI is InChI=1S/C26H17Cl2N3O3/c27-19-4-9-21(10-5-19)31(22-11-6-20(28)7-12-22)23-8-3-17-16-30(26(33)24(17)14-23)25(32)18-2-1-13-29(34)15-18/h1-2,4-16H,3H2. The molecule has 5 rings (SSSR count). The van der Waals surface area contributed by atoms with Crippen LogP contribution in [0.4, 0.5) is 11.4 Å². The third-order valence-electron chi connectivity index (χ3n) is 5.57. The van der Waals surface area contributed by atoms with Crippen molar-refractivity contribution in [2.75, 3.05) is 4.90 Å². The first-order valence-electron chi connectivity index (χ1n) is 10.4. The fourth-order valence-electron chi connectivity index (χ4n) is 3.94. The molecule has 0 spiro atoms. The van der Waals surface area contributed by atoms with E-state index in [0.717, 1.165) is 33.7 Å². The van der Waals surface area contributed by atoms with Crippen LogP contribution in [-0.2, 0) is 4.79 Å². The highest BCUT2D eigenvalue weighted by Gasteiger charge is 2.35. The molecule has 0 atom stereocenters. The lowest BCUT2D eigenvalue weighted by Gasteiger charge is -2.28. The van der Waals surface area contributed by atoms with Gasteiger partial charge in [0.1, 0.15) is 5.56 Å². The van der Waals surface area contributed by atoms with Gasteiger partial charge in [-0.05, 0) is 72.7 Å². The van der Waals surface area contributed by atoms with Gasteiger partial charge < -0.3 is 10.1 Å². The van der Waals surface area contributed by atoms with Gasteiger partial charge in [0.15, 0.2) is 12.4 Å². The molecule has 0 saturated carbocycles. The van der Waals surface area contributed by atoms with Gasteiger partial charge in [-0.25, -0.2) is 4.90 Å². The van der Waals surface area contributed by atoms with Crippen molar-refractivity contribution in [1.82, 2.24) is 4.90 Å². The number of halogens is 2. The molecule has 0 bridgehead atoms. The molecule has 8 heteroatoms. The number of allylic oxidation sites excluding steroid dienone is 2. The van der Waals surface area contributed by atoms with Crippen molar-refractivity contribution in [3.8, 4) is 0 Å². The zero-order valence-electron chi connectivity index (χ0n) is 17.7. The zero-order valence-corrected chi connectivity index (χ0v) is 19.2. The monoisotopic (exact) mass is 489 g/mol. The van der Waals surface area contributed by atoms with Crippen molar-refractivity contribution in [3.05, 3.63) is 129 Å². The van der Waals surface area contributed by atoms with Gasteiger partial charge in [-0.2, -0.15) is 4.73 Å². The molecule has 34 heavy (non-hydrogen) atoms. The summed E-state index contributed by atoms with van der Waals surface area (Å²) in [5, 5.41) is 12.8. The number of aromatic nitrogens is 1. The molecule has 6 nitrogen and oxygen atoms in total. The SMILES string of the molecule is O=C1C2=CC(N(c3ccc(Cl)cc3)c3ccc(Cl)cc3)=CCC2=CN1C(=O)c1ccc[n+]([O-])c1. The summed E-state index contributed by atoms with van der Waals surface area (Å²) < 4.78 is 0.531. The van der Waals surface area contributed by atoms with E-state index in [2.05, 4.69) is 0 Å². The Morgan fingerprint density at radius 2 is 1.59 bits per heavy atom. The molecule has 2 aliphatic rings. The van der Waals surface area contributed by atoms with Gasteiger partial charge in [0.25, 0.3) is 11.8 Å². The minimum atomic E-state index is -0.549. The highest BCUT2D eigenvalue weighted by Crippen LogP contribution is 2.38. The Morgan fingerprint density at radius 1 is 0.971 bits per heavy atom. The maximum Gasteiger partial charge on any atom is 0.270 e. The maximum atomic E-state index is 13.2. The number of amides is 2. The van der Waals surface area contributed by atoms with Crippen LogP contribution in [0, 0.1) is 5.21 Å². The molecule has 0 N–H and O–H groups in total. The number of anilines is 2. The number of carbonyl (C=O) groups excluding carboxylic acids is 2. The number of carbonyl (C=O) groups is 2. The predicted molar refractivity (Wildman–Crippen MR) is 130 cm³/mol. The van der Waals surface area contributed by atoms with Gasteiger partial charge >= 0.3 is 0 Å². The quantitative estimate of drug-likeness (QED) is 0.274. The number of benzene rings is 2. The molecule has 0 unspecified atom stereocenters. The van der Waals surface area contributed by atoms with E-state index in [0.29, 0.717) is 26.8 Å². The largest absolute Gasteiger partial charge is 0.619 e. The first kappa shape index (κ1) is 21.9. The van der Waals surface area contributed by atoms with E-state index in [9.17, 15) is 14.8 Å². The van der Waals surface area contributed by atoms with Gasteiger partial charge in [0.2, 0.25) is 0 Å². The Labute approximate surface area is 205 Å². The average molecular weight is 490 g/mol. The van der Waals surface area contributed by atoms with Gasteiger partial charge in [-0.3, -0.25) is 9.59 Å². The lowest BCUT2D eigenvalue weighted by Crippen LogP contribution is -2.33. The number of rotatable bonds is 4. The van der Waals surface area contributed by atoms with Crippen molar-refractivity contribution >= 4 is 46.4 Å². The van der Waals surface area contributed by atoms with E-state index < -0.39 is 11.8 Å².